The van der Waals surface area contributed by atoms with Crippen LogP contribution in [0.5, 0.6) is 17.2 Å². The molecule has 216 valence electrons. The van der Waals surface area contributed by atoms with Crippen LogP contribution in [-0.4, -0.2) is 33.2 Å². The molecule has 4 rings (SSSR count). The lowest BCUT2D eigenvalue weighted by atomic mass is 9.89. The first kappa shape index (κ1) is 29.7. The summed E-state index contributed by atoms with van der Waals surface area (Å²) < 4.78 is 18.0. The van der Waals surface area contributed by atoms with E-state index in [1.807, 2.05) is 20.8 Å². The summed E-state index contributed by atoms with van der Waals surface area (Å²) >= 11 is 0. The number of carboxylic acid groups (broad SMARTS) is 3. The van der Waals surface area contributed by atoms with Crippen molar-refractivity contribution in [3.05, 3.63) is 123 Å². The zero-order chi connectivity index (χ0) is 30.4. The molecule has 0 amide bonds. The van der Waals surface area contributed by atoms with Gasteiger partial charge in [-0.3, -0.25) is 0 Å². The van der Waals surface area contributed by atoms with Crippen molar-refractivity contribution in [2.45, 2.75) is 40.6 Å². The van der Waals surface area contributed by atoms with Gasteiger partial charge in [0.25, 0.3) is 0 Å². The van der Waals surface area contributed by atoms with E-state index in [-0.39, 0.29) is 53.8 Å². The third-order valence-corrected chi connectivity index (χ3v) is 7.18. The highest BCUT2D eigenvalue weighted by molar-refractivity contribution is 5.91. The Morgan fingerprint density at radius 1 is 0.476 bits per heavy atom. The highest BCUT2D eigenvalue weighted by Crippen LogP contribution is 2.32. The van der Waals surface area contributed by atoms with Gasteiger partial charge in [0, 0.05) is 0 Å². The van der Waals surface area contributed by atoms with Crippen molar-refractivity contribution >= 4 is 17.9 Å². The average molecular weight is 571 g/mol. The molecule has 4 aromatic rings. The van der Waals surface area contributed by atoms with Crippen LogP contribution in [0.3, 0.4) is 0 Å². The van der Waals surface area contributed by atoms with Crippen LogP contribution in [0.1, 0.15) is 64.5 Å². The van der Waals surface area contributed by atoms with Gasteiger partial charge < -0.3 is 29.5 Å². The van der Waals surface area contributed by atoms with Crippen LogP contribution < -0.4 is 14.2 Å². The van der Waals surface area contributed by atoms with Gasteiger partial charge in [0.2, 0.25) is 0 Å². The molecule has 0 radical (unpaired) electrons. The first-order valence-corrected chi connectivity index (χ1v) is 13.1. The lowest BCUT2D eigenvalue weighted by Gasteiger charge is -2.23. The van der Waals surface area contributed by atoms with Crippen LogP contribution in [0.4, 0.5) is 0 Å². The highest BCUT2D eigenvalue weighted by Gasteiger charge is 2.21. The van der Waals surface area contributed by atoms with E-state index in [1.54, 1.807) is 54.6 Å². The molecule has 0 aliphatic carbocycles. The molecule has 42 heavy (non-hydrogen) atoms. The van der Waals surface area contributed by atoms with Crippen molar-refractivity contribution in [3.8, 4) is 17.2 Å². The number of ether oxygens (including phenoxy) is 3. The fourth-order valence-electron chi connectivity index (χ4n) is 4.80. The molecule has 0 atom stereocenters. The first-order chi connectivity index (χ1) is 20.1. The molecule has 0 fully saturated rings. The zero-order valence-corrected chi connectivity index (χ0v) is 23.3. The van der Waals surface area contributed by atoms with E-state index in [1.165, 1.54) is 18.2 Å². The molecule has 0 spiro atoms. The molecule has 0 aliphatic heterocycles. The predicted octanol–water partition coefficient (Wildman–Crippen LogP) is 6.44. The van der Waals surface area contributed by atoms with Crippen molar-refractivity contribution in [3.63, 3.8) is 0 Å². The number of carboxylic acids is 3. The second-order valence-electron chi connectivity index (χ2n) is 9.58. The third kappa shape index (κ3) is 6.36. The molecule has 0 aromatic heterocycles. The van der Waals surface area contributed by atoms with Gasteiger partial charge in [-0.05, 0) is 90.6 Å². The Morgan fingerprint density at radius 2 is 0.714 bits per heavy atom. The Hall–Kier alpha value is -5.31. The number of aromatic carboxylic acids is 3. The summed E-state index contributed by atoms with van der Waals surface area (Å²) in [4.78, 5) is 35.1. The summed E-state index contributed by atoms with van der Waals surface area (Å²) in [6.45, 7) is 5.81. The van der Waals surface area contributed by atoms with Gasteiger partial charge in [-0.2, -0.15) is 0 Å². The molecule has 9 nitrogen and oxygen atoms in total. The SMILES string of the molecule is Cc1c(COc2ccccc2C(=O)O)c(C)c(COc2ccccc2C(=O)O)c(C)c1COc1ccccc1C(=O)O. The van der Waals surface area contributed by atoms with Gasteiger partial charge >= 0.3 is 17.9 Å². The predicted molar refractivity (Wildman–Crippen MR) is 154 cm³/mol. The minimum atomic E-state index is -1.11. The Bertz CT molecular complexity index is 1440. The van der Waals surface area contributed by atoms with E-state index in [4.69, 9.17) is 14.2 Å². The van der Waals surface area contributed by atoms with Crippen molar-refractivity contribution in [1.29, 1.82) is 0 Å². The Balaban J connectivity index is 1.74. The van der Waals surface area contributed by atoms with Gasteiger partial charge in [0.1, 0.15) is 53.8 Å². The van der Waals surface area contributed by atoms with Crippen LogP contribution in [0.15, 0.2) is 72.8 Å². The number of hydrogen-bond donors (Lipinski definition) is 3. The lowest BCUT2D eigenvalue weighted by Crippen LogP contribution is -2.14. The Morgan fingerprint density at radius 3 is 0.952 bits per heavy atom. The van der Waals surface area contributed by atoms with Crippen LogP contribution in [0.2, 0.25) is 0 Å². The Kier molecular flexibility index (Phi) is 9.12. The minimum absolute atomic E-state index is 0.0302. The monoisotopic (exact) mass is 570 g/mol. The minimum Gasteiger partial charge on any atom is -0.488 e. The van der Waals surface area contributed by atoms with E-state index < -0.39 is 17.9 Å². The Labute approximate surface area is 242 Å². The van der Waals surface area contributed by atoms with Crippen LogP contribution >= 0.6 is 0 Å². The third-order valence-electron chi connectivity index (χ3n) is 7.18. The summed E-state index contributed by atoms with van der Waals surface area (Å²) in [6, 6.07) is 19.1. The van der Waals surface area contributed by atoms with E-state index >= 15 is 0 Å². The molecule has 0 heterocycles. The molecular weight excluding hydrogens is 540 g/mol. The zero-order valence-electron chi connectivity index (χ0n) is 23.3. The molecule has 0 saturated carbocycles. The standard InChI is InChI=1S/C33H30O9/c1-19-25(16-40-28-13-7-4-10-22(28)31(34)35)20(2)27(18-42-30-15-9-6-12-24(30)33(38)39)21(3)26(19)17-41-29-14-8-5-11-23(29)32(36)37/h4-15H,16-18H2,1-3H3,(H,34,35)(H,36,37)(H,38,39). The van der Waals surface area contributed by atoms with E-state index in [0.717, 1.165) is 33.4 Å². The lowest BCUT2D eigenvalue weighted by molar-refractivity contribution is 0.0680. The molecular formula is C33H30O9. The van der Waals surface area contributed by atoms with Crippen molar-refractivity contribution in [2.24, 2.45) is 0 Å². The number of para-hydroxylation sites is 3. The van der Waals surface area contributed by atoms with E-state index in [2.05, 4.69) is 0 Å². The molecule has 0 unspecified atom stereocenters. The van der Waals surface area contributed by atoms with Gasteiger partial charge in [-0.15, -0.1) is 0 Å². The summed E-state index contributed by atoms with van der Waals surface area (Å²) in [7, 11) is 0. The topological polar surface area (TPSA) is 140 Å². The van der Waals surface area contributed by atoms with Crippen molar-refractivity contribution in [2.75, 3.05) is 0 Å². The number of carbonyl (C=O) groups is 3. The highest BCUT2D eigenvalue weighted by atomic mass is 16.5. The normalized spacial score (nSPS) is 10.6. The average Bonchev–Trinajstić information content (AvgIpc) is 2.97. The summed E-state index contributed by atoms with van der Waals surface area (Å²) in [5, 5.41) is 28.7. The van der Waals surface area contributed by atoms with E-state index in [9.17, 15) is 29.7 Å². The molecule has 0 bridgehead atoms. The first-order valence-electron chi connectivity index (χ1n) is 13.1. The number of rotatable bonds is 12. The largest absolute Gasteiger partial charge is 0.488 e. The summed E-state index contributed by atoms with van der Waals surface area (Å²) in [5.41, 5.74) is 4.91. The maximum Gasteiger partial charge on any atom is 0.339 e. The summed E-state index contributed by atoms with van der Waals surface area (Å²) in [6.07, 6.45) is 0. The second-order valence-corrected chi connectivity index (χ2v) is 9.58. The van der Waals surface area contributed by atoms with Gasteiger partial charge in [-0.25, -0.2) is 14.4 Å². The molecule has 9 heteroatoms. The maximum atomic E-state index is 11.7. The molecule has 3 N–H and O–H groups in total. The van der Waals surface area contributed by atoms with Crippen LogP contribution in [0, 0.1) is 20.8 Å². The summed E-state index contributed by atoms with van der Waals surface area (Å²) in [5.74, 6) is -2.69. The molecule has 0 saturated heterocycles. The maximum absolute atomic E-state index is 11.7. The second kappa shape index (κ2) is 12.9. The fraction of sp³-hybridized carbons (Fsp3) is 0.182. The van der Waals surface area contributed by atoms with Gasteiger partial charge in [0.05, 0.1) is 0 Å². The van der Waals surface area contributed by atoms with Crippen LogP contribution in [-0.2, 0) is 19.8 Å². The van der Waals surface area contributed by atoms with Gasteiger partial charge in [0.15, 0.2) is 0 Å². The number of hydrogen-bond acceptors (Lipinski definition) is 6. The van der Waals surface area contributed by atoms with Crippen molar-refractivity contribution in [1.82, 2.24) is 0 Å². The quantitative estimate of drug-likeness (QED) is 0.175. The molecule has 0 aliphatic rings. The van der Waals surface area contributed by atoms with Crippen LogP contribution in [0.25, 0.3) is 0 Å². The molecule has 4 aromatic carbocycles. The van der Waals surface area contributed by atoms with E-state index in [0.29, 0.717) is 0 Å². The number of benzene rings is 4. The fourth-order valence-corrected chi connectivity index (χ4v) is 4.80. The smallest absolute Gasteiger partial charge is 0.339 e. The van der Waals surface area contributed by atoms with Crippen molar-refractivity contribution < 1.29 is 43.9 Å². The van der Waals surface area contributed by atoms with Gasteiger partial charge in [-0.1, -0.05) is 36.4 Å².